The second-order valence-corrected chi connectivity index (χ2v) is 4.00. The molecule has 0 fully saturated rings. The number of amides is 1. The van der Waals surface area contributed by atoms with Gasteiger partial charge in [-0.25, -0.2) is 0 Å². The Kier molecular flexibility index (Phi) is 4.97. The highest BCUT2D eigenvalue weighted by atomic mass is 16.5. The fourth-order valence-corrected chi connectivity index (χ4v) is 1.51. The maximum Gasteiger partial charge on any atom is 0.258 e. The first-order valence-electron chi connectivity index (χ1n) is 5.81. The first kappa shape index (κ1) is 13.5. The van der Waals surface area contributed by atoms with Crippen LogP contribution >= 0.6 is 0 Å². The second kappa shape index (κ2) is 6.25. The first-order valence-corrected chi connectivity index (χ1v) is 5.81. The van der Waals surface area contributed by atoms with Gasteiger partial charge in [-0.15, -0.1) is 0 Å². The van der Waals surface area contributed by atoms with Crippen LogP contribution in [0.1, 0.15) is 31.9 Å². The van der Waals surface area contributed by atoms with Crippen LogP contribution in [0.2, 0.25) is 0 Å². The minimum Gasteiger partial charge on any atom is -0.481 e. The smallest absolute Gasteiger partial charge is 0.258 e. The van der Waals surface area contributed by atoms with E-state index in [1.807, 2.05) is 38.2 Å². The highest BCUT2D eigenvalue weighted by Gasteiger charge is 2.14. The van der Waals surface area contributed by atoms with Gasteiger partial charge in [-0.1, -0.05) is 19.1 Å². The number of carbonyl (C=O) groups excluding carboxylic acids is 1. The number of nitrogens with one attached hydrogen (secondary N) is 1. The van der Waals surface area contributed by atoms with Gasteiger partial charge in [0, 0.05) is 6.04 Å². The summed E-state index contributed by atoms with van der Waals surface area (Å²) in [6.45, 7) is 3.95. The van der Waals surface area contributed by atoms with Crippen LogP contribution in [0, 0.1) is 0 Å². The van der Waals surface area contributed by atoms with Crippen molar-refractivity contribution < 1.29 is 9.53 Å². The van der Waals surface area contributed by atoms with Crippen LogP contribution < -0.4 is 15.8 Å². The monoisotopic (exact) mass is 236 g/mol. The number of hydrogen-bond donors (Lipinski definition) is 2. The van der Waals surface area contributed by atoms with Crippen molar-refractivity contribution in [3.63, 3.8) is 0 Å². The average molecular weight is 236 g/mol. The van der Waals surface area contributed by atoms with Crippen molar-refractivity contribution in [2.75, 3.05) is 7.05 Å². The summed E-state index contributed by atoms with van der Waals surface area (Å²) in [6, 6.07) is 7.96. The Labute approximate surface area is 102 Å². The molecule has 1 amide bonds. The zero-order chi connectivity index (χ0) is 12.8. The summed E-state index contributed by atoms with van der Waals surface area (Å²) in [5, 5.41) is 3.16. The van der Waals surface area contributed by atoms with Crippen molar-refractivity contribution in [3.05, 3.63) is 29.8 Å². The summed E-state index contributed by atoms with van der Waals surface area (Å²) < 4.78 is 5.50. The summed E-state index contributed by atoms with van der Waals surface area (Å²) >= 11 is 0. The van der Waals surface area contributed by atoms with Gasteiger partial charge in [0.15, 0.2) is 6.10 Å². The van der Waals surface area contributed by atoms with E-state index in [0.29, 0.717) is 18.2 Å². The Hall–Kier alpha value is -1.55. The molecule has 0 saturated carbocycles. The molecule has 0 aromatic heterocycles. The van der Waals surface area contributed by atoms with E-state index in [0.717, 1.165) is 0 Å². The summed E-state index contributed by atoms with van der Waals surface area (Å²) in [4.78, 5) is 11.0. The molecule has 2 unspecified atom stereocenters. The SMILES string of the molecule is CCC(Oc1ccc(C(C)NC)cc1)C(N)=O. The predicted molar refractivity (Wildman–Crippen MR) is 67.8 cm³/mol. The molecule has 0 aliphatic rings. The molecule has 4 nitrogen and oxygen atoms in total. The number of benzene rings is 1. The zero-order valence-corrected chi connectivity index (χ0v) is 10.6. The Morgan fingerprint density at radius 2 is 2.00 bits per heavy atom. The molecule has 94 valence electrons. The Balaban J connectivity index is 2.71. The van der Waals surface area contributed by atoms with Gasteiger partial charge in [0.1, 0.15) is 5.75 Å². The lowest BCUT2D eigenvalue weighted by atomic mass is 10.1. The highest BCUT2D eigenvalue weighted by Crippen LogP contribution is 2.18. The molecule has 17 heavy (non-hydrogen) atoms. The van der Waals surface area contributed by atoms with Crippen molar-refractivity contribution >= 4 is 5.91 Å². The Morgan fingerprint density at radius 1 is 1.41 bits per heavy atom. The quantitative estimate of drug-likeness (QED) is 0.788. The van der Waals surface area contributed by atoms with Gasteiger partial charge in [0.2, 0.25) is 0 Å². The molecular formula is C13H20N2O2. The van der Waals surface area contributed by atoms with Crippen LogP contribution in [0.15, 0.2) is 24.3 Å². The lowest BCUT2D eigenvalue weighted by Gasteiger charge is -2.15. The first-order chi connectivity index (χ1) is 8.08. The van der Waals surface area contributed by atoms with Crippen LogP contribution in [-0.2, 0) is 4.79 Å². The van der Waals surface area contributed by atoms with Crippen molar-refractivity contribution in [2.45, 2.75) is 32.4 Å². The van der Waals surface area contributed by atoms with Gasteiger partial charge < -0.3 is 15.8 Å². The maximum atomic E-state index is 11.0. The minimum atomic E-state index is -0.553. The summed E-state index contributed by atoms with van der Waals surface area (Å²) in [5.41, 5.74) is 6.39. The van der Waals surface area contributed by atoms with Crippen LogP contribution in [0.25, 0.3) is 0 Å². The number of rotatable bonds is 6. The fourth-order valence-electron chi connectivity index (χ4n) is 1.51. The van der Waals surface area contributed by atoms with Gasteiger partial charge in [-0.3, -0.25) is 4.79 Å². The largest absolute Gasteiger partial charge is 0.481 e. The standard InChI is InChI=1S/C13H20N2O2/c1-4-12(13(14)16)17-11-7-5-10(6-8-11)9(2)15-3/h5-9,12,15H,4H2,1-3H3,(H2,14,16). The highest BCUT2D eigenvalue weighted by molar-refractivity contribution is 5.79. The third-order valence-corrected chi connectivity index (χ3v) is 2.78. The van der Waals surface area contributed by atoms with Crippen molar-refractivity contribution in [1.29, 1.82) is 0 Å². The molecule has 0 saturated heterocycles. The van der Waals surface area contributed by atoms with Crippen molar-refractivity contribution in [3.8, 4) is 5.75 Å². The molecule has 0 bridgehead atoms. The fraction of sp³-hybridized carbons (Fsp3) is 0.462. The number of carbonyl (C=O) groups is 1. The second-order valence-electron chi connectivity index (χ2n) is 4.00. The molecule has 4 heteroatoms. The van der Waals surface area contributed by atoms with E-state index in [2.05, 4.69) is 12.2 Å². The Morgan fingerprint density at radius 3 is 2.41 bits per heavy atom. The topological polar surface area (TPSA) is 64.3 Å². The van der Waals surface area contributed by atoms with Gasteiger partial charge in [-0.2, -0.15) is 0 Å². The van der Waals surface area contributed by atoms with Crippen molar-refractivity contribution in [1.82, 2.24) is 5.32 Å². The predicted octanol–water partition coefficient (Wildman–Crippen LogP) is 1.61. The zero-order valence-electron chi connectivity index (χ0n) is 10.6. The van der Waals surface area contributed by atoms with Crippen molar-refractivity contribution in [2.24, 2.45) is 5.73 Å². The van der Waals surface area contributed by atoms with Crippen LogP contribution in [0.3, 0.4) is 0 Å². The lowest BCUT2D eigenvalue weighted by molar-refractivity contribution is -0.124. The number of primary amides is 1. The molecule has 0 aliphatic carbocycles. The molecule has 1 aromatic rings. The molecule has 0 radical (unpaired) electrons. The molecule has 0 spiro atoms. The van der Waals surface area contributed by atoms with E-state index < -0.39 is 12.0 Å². The van der Waals surface area contributed by atoms with Crippen LogP contribution in [-0.4, -0.2) is 19.1 Å². The van der Waals surface area contributed by atoms with E-state index in [4.69, 9.17) is 10.5 Å². The molecule has 3 N–H and O–H groups in total. The van der Waals surface area contributed by atoms with Gasteiger partial charge in [-0.05, 0) is 38.1 Å². The molecule has 2 atom stereocenters. The third kappa shape index (κ3) is 3.75. The minimum absolute atomic E-state index is 0.294. The summed E-state index contributed by atoms with van der Waals surface area (Å²) in [5.74, 6) is 0.239. The summed E-state index contributed by atoms with van der Waals surface area (Å²) in [6.07, 6.45) is 0.0202. The molecular weight excluding hydrogens is 216 g/mol. The van der Waals surface area contributed by atoms with E-state index in [9.17, 15) is 4.79 Å². The van der Waals surface area contributed by atoms with Gasteiger partial charge in [0.25, 0.3) is 5.91 Å². The molecule has 1 aromatic carbocycles. The molecule has 1 rings (SSSR count). The third-order valence-electron chi connectivity index (χ3n) is 2.78. The number of hydrogen-bond acceptors (Lipinski definition) is 3. The number of ether oxygens (including phenoxy) is 1. The normalized spacial score (nSPS) is 14.1. The summed E-state index contributed by atoms with van der Waals surface area (Å²) in [7, 11) is 1.91. The van der Waals surface area contributed by atoms with Gasteiger partial charge in [0.05, 0.1) is 0 Å². The van der Waals surface area contributed by atoms with Crippen LogP contribution in [0.4, 0.5) is 0 Å². The van der Waals surface area contributed by atoms with E-state index >= 15 is 0 Å². The van der Waals surface area contributed by atoms with E-state index in [-0.39, 0.29) is 0 Å². The molecule has 0 heterocycles. The lowest BCUT2D eigenvalue weighted by Crippen LogP contribution is -2.32. The number of nitrogens with two attached hydrogens (primary N) is 1. The average Bonchev–Trinajstić information content (AvgIpc) is 2.35. The van der Waals surface area contributed by atoms with Gasteiger partial charge >= 0.3 is 0 Å². The maximum absolute atomic E-state index is 11.0. The Bertz CT molecular complexity index is 362. The van der Waals surface area contributed by atoms with E-state index in [1.54, 1.807) is 0 Å². The van der Waals surface area contributed by atoms with Crippen LogP contribution in [0.5, 0.6) is 5.75 Å². The van der Waals surface area contributed by atoms with E-state index in [1.165, 1.54) is 5.56 Å². The molecule has 0 aliphatic heterocycles.